The standard InChI is InChI=1S/C14H15F2NO/c1-13(15,16)9-11-3-5-12(6-4-11)14(17-10-18)7-2-8-14/h3-6H,2,7-9H2,1H3. The average molecular weight is 251 g/mol. The predicted molar refractivity (Wildman–Crippen MR) is 64.4 cm³/mol. The molecule has 0 atom stereocenters. The van der Waals surface area contributed by atoms with Crippen LogP contribution in [0.4, 0.5) is 8.78 Å². The van der Waals surface area contributed by atoms with E-state index in [0.717, 1.165) is 31.7 Å². The summed E-state index contributed by atoms with van der Waals surface area (Å²) >= 11 is 0. The van der Waals surface area contributed by atoms with Crippen molar-refractivity contribution in [3.63, 3.8) is 0 Å². The van der Waals surface area contributed by atoms with Crippen LogP contribution in [0.5, 0.6) is 0 Å². The molecular weight excluding hydrogens is 236 g/mol. The van der Waals surface area contributed by atoms with Crippen LogP contribution in [0.1, 0.15) is 37.3 Å². The van der Waals surface area contributed by atoms with Gasteiger partial charge in [-0.25, -0.2) is 13.6 Å². The number of carbonyl (C=O) groups excluding carboxylic acids is 1. The minimum Gasteiger partial charge on any atom is -0.211 e. The lowest BCUT2D eigenvalue weighted by molar-refractivity contribution is 0.0226. The summed E-state index contributed by atoms with van der Waals surface area (Å²) in [5.41, 5.74) is 1.06. The van der Waals surface area contributed by atoms with E-state index in [9.17, 15) is 13.6 Å². The van der Waals surface area contributed by atoms with Crippen molar-refractivity contribution in [2.75, 3.05) is 0 Å². The Balaban J connectivity index is 2.19. The first kappa shape index (κ1) is 12.9. The fraction of sp³-hybridized carbons (Fsp3) is 0.500. The molecule has 0 aliphatic heterocycles. The number of alkyl halides is 2. The Morgan fingerprint density at radius 3 is 2.33 bits per heavy atom. The summed E-state index contributed by atoms with van der Waals surface area (Å²) in [4.78, 5) is 14.3. The molecule has 4 heteroatoms. The van der Waals surface area contributed by atoms with Gasteiger partial charge in [-0.2, -0.15) is 4.99 Å². The van der Waals surface area contributed by atoms with Crippen molar-refractivity contribution in [3.8, 4) is 0 Å². The van der Waals surface area contributed by atoms with Gasteiger partial charge in [0.1, 0.15) is 0 Å². The number of rotatable bonds is 4. The summed E-state index contributed by atoms with van der Waals surface area (Å²) in [6.45, 7) is 0.908. The molecule has 0 aromatic heterocycles. The van der Waals surface area contributed by atoms with E-state index < -0.39 is 11.5 Å². The van der Waals surface area contributed by atoms with E-state index in [2.05, 4.69) is 4.99 Å². The lowest BCUT2D eigenvalue weighted by Crippen LogP contribution is -2.31. The van der Waals surface area contributed by atoms with Crippen LogP contribution >= 0.6 is 0 Å². The van der Waals surface area contributed by atoms with Crippen LogP contribution in [0.2, 0.25) is 0 Å². The molecule has 2 nitrogen and oxygen atoms in total. The molecule has 18 heavy (non-hydrogen) atoms. The highest BCUT2D eigenvalue weighted by Crippen LogP contribution is 2.44. The summed E-state index contributed by atoms with van der Waals surface area (Å²) in [6, 6.07) is 6.96. The first-order chi connectivity index (χ1) is 8.45. The second-order valence-electron chi connectivity index (χ2n) is 5.03. The van der Waals surface area contributed by atoms with Crippen LogP contribution in [0, 0.1) is 0 Å². The fourth-order valence-corrected chi connectivity index (χ4v) is 2.36. The molecule has 0 heterocycles. The molecule has 1 aliphatic rings. The zero-order valence-electron chi connectivity index (χ0n) is 10.2. The molecule has 0 spiro atoms. The minimum absolute atomic E-state index is 0.267. The number of benzene rings is 1. The maximum absolute atomic E-state index is 12.9. The monoisotopic (exact) mass is 251 g/mol. The Morgan fingerprint density at radius 1 is 1.33 bits per heavy atom. The summed E-state index contributed by atoms with van der Waals surface area (Å²) < 4.78 is 25.7. The third-order valence-electron chi connectivity index (χ3n) is 3.45. The normalized spacial score (nSPS) is 17.7. The zero-order chi connectivity index (χ0) is 13.2. The number of hydrogen-bond donors (Lipinski definition) is 0. The maximum Gasteiger partial charge on any atom is 0.249 e. The van der Waals surface area contributed by atoms with Crippen molar-refractivity contribution in [1.82, 2.24) is 0 Å². The van der Waals surface area contributed by atoms with Crippen LogP contribution in [-0.2, 0) is 16.8 Å². The second kappa shape index (κ2) is 4.62. The van der Waals surface area contributed by atoms with Gasteiger partial charge in [-0.15, -0.1) is 0 Å². The van der Waals surface area contributed by atoms with Gasteiger partial charge < -0.3 is 0 Å². The second-order valence-corrected chi connectivity index (χ2v) is 5.03. The SMILES string of the molecule is CC(F)(F)Cc1ccc(C2(N=C=O)CCC2)cc1. The molecule has 1 aromatic carbocycles. The van der Waals surface area contributed by atoms with Gasteiger partial charge in [0.15, 0.2) is 0 Å². The Labute approximate surface area is 105 Å². The molecule has 2 rings (SSSR count). The lowest BCUT2D eigenvalue weighted by atomic mass is 9.72. The first-order valence-electron chi connectivity index (χ1n) is 6.01. The molecule has 0 amide bonds. The molecule has 1 saturated carbocycles. The highest BCUT2D eigenvalue weighted by atomic mass is 19.3. The van der Waals surface area contributed by atoms with Crippen LogP contribution in [0.3, 0.4) is 0 Å². The van der Waals surface area contributed by atoms with Crippen molar-refractivity contribution in [2.24, 2.45) is 4.99 Å². The fourth-order valence-electron chi connectivity index (χ4n) is 2.36. The Morgan fingerprint density at radius 2 is 1.94 bits per heavy atom. The van der Waals surface area contributed by atoms with Gasteiger partial charge in [0, 0.05) is 6.42 Å². The largest absolute Gasteiger partial charge is 0.249 e. The molecule has 1 fully saturated rings. The van der Waals surface area contributed by atoms with Gasteiger partial charge in [-0.05, 0) is 37.3 Å². The van der Waals surface area contributed by atoms with E-state index >= 15 is 0 Å². The van der Waals surface area contributed by atoms with Crippen LogP contribution < -0.4 is 0 Å². The summed E-state index contributed by atoms with van der Waals surface area (Å²) in [5, 5.41) is 0. The van der Waals surface area contributed by atoms with Crippen molar-refractivity contribution in [2.45, 2.75) is 44.1 Å². The van der Waals surface area contributed by atoms with Crippen LogP contribution in [-0.4, -0.2) is 12.0 Å². The van der Waals surface area contributed by atoms with E-state index in [1.54, 1.807) is 30.3 Å². The Kier molecular flexibility index (Phi) is 3.31. The third-order valence-corrected chi connectivity index (χ3v) is 3.45. The summed E-state index contributed by atoms with van der Waals surface area (Å²) in [7, 11) is 0. The lowest BCUT2D eigenvalue weighted by Gasteiger charge is -2.37. The van der Waals surface area contributed by atoms with E-state index in [-0.39, 0.29) is 6.42 Å². The number of isocyanates is 1. The van der Waals surface area contributed by atoms with Crippen molar-refractivity contribution in [1.29, 1.82) is 0 Å². The van der Waals surface area contributed by atoms with E-state index in [1.165, 1.54) is 0 Å². The third kappa shape index (κ3) is 2.65. The van der Waals surface area contributed by atoms with Crippen LogP contribution in [0.15, 0.2) is 29.3 Å². The molecule has 1 aromatic rings. The van der Waals surface area contributed by atoms with Crippen molar-refractivity contribution in [3.05, 3.63) is 35.4 Å². The van der Waals surface area contributed by atoms with Gasteiger partial charge in [0.05, 0.1) is 5.54 Å². The molecule has 0 bridgehead atoms. The van der Waals surface area contributed by atoms with Gasteiger partial charge in [-0.3, -0.25) is 0 Å². The molecule has 0 N–H and O–H groups in total. The molecule has 96 valence electrons. The minimum atomic E-state index is -2.70. The molecule has 0 saturated heterocycles. The zero-order valence-corrected chi connectivity index (χ0v) is 10.2. The van der Waals surface area contributed by atoms with Gasteiger partial charge in [0.2, 0.25) is 12.0 Å². The number of hydrogen-bond acceptors (Lipinski definition) is 2. The van der Waals surface area contributed by atoms with Crippen LogP contribution in [0.25, 0.3) is 0 Å². The molecule has 0 unspecified atom stereocenters. The highest BCUT2D eigenvalue weighted by molar-refractivity contribution is 5.40. The molecule has 1 aliphatic carbocycles. The number of aliphatic imine (C=N–C) groups is 1. The Bertz CT molecular complexity index is 466. The van der Waals surface area contributed by atoms with Gasteiger partial charge in [-0.1, -0.05) is 24.3 Å². The Hall–Kier alpha value is -1.54. The smallest absolute Gasteiger partial charge is 0.211 e. The first-order valence-corrected chi connectivity index (χ1v) is 6.01. The van der Waals surface area contributed by atoms with E-state index in [1.807, 2.05) is 0 Å². The molecule has 0 radical (unpaired) electrons. The van der Waals surface area contributed by atoms with E-state index in [0.29, 0.717) is 5.56 Å². The van der Waals surface area contributed by atoms with Crippen molar-refractivity contribution < 1.29 is 13.6 Å². The topological polar surface area (TPSA) is 29.4 Å². The molecular formula is C14H15F2NO. The number of nitrogens with zero attached hydrogens (tertiary/aromatic N) is 1. The summed E-state index contributed by atoms with van der Waals surface area (Å²) in [6.07, 6.45) is 4.03. The number of halogens is 2. The van der Waals surface area contributed by atoms with Crippen molar-refractivity contribution >= 4 is 6.08 Å². The highest BCUT2D eigenvalue weighted by Gasteiger charge is 2.38. The van der Waals surface area contributed by atoms with Gasteiger partial charge in [0.25, 0.3) is 0 Å². The summed E-state index contributed by atoms with van der Waals surface area (Å²) in [5.74, 6) is -2.70. The average Bonchev–Trinajstić information content (AvgIpc) is 2.23. The van der Waals surface area contributed by atoms with E-state index in [4.69, 9.17) is 0 Å². The van der Waals surface area contributed by atoms with Gasteiger partial charge >= 0.3 is 0 Å². The maximum atomic E-state index is 12.9. The predicted octanol–water partition coefficient (Wildman–Crippen LogP) is 3.60. The quantitative estimate of drug-likeness (QED) is 0.594.